The molecular formula is C34H40BrF4N3O5. The molecule has 0 bridgehead atoms. The number of carbonyl (C=O) groups is 2. The molecule has 3 aromatic carbocycles. The molecule has 0 saturated heterocycles. The predicted octanol–water partition coefficient (Wildman–Crippen LogP) is 7.29. The number of nitrogens with one attached hydrogen (secondary N) is 3. The van der Waals surface area contributed by atoms with Crippen LogP contribution < -0.4 is 25.4 Å². The molecule has 0 radical (unpaired) electrons. The molecule has 3 rings (SSSR count). The first-order chi connectivity index (χ1) is 22.2. The van der Waals surface area contributed by atoms with Crippen molar-refractivity contribution in [2.45, 2.75) is 70.2 Å². The minimum atomic E-state index is -4.74. The van der Waals surface area contributed by atoms with E-state index in [2.05, 4.69) is 31.9 Å². The maximum atomic E-state index is 14.7. The van der Waals surface area contributed by atoms with Crippen LogP contribution in [0.2, 0.25) is 0 Å². The number of rotatable bonds is 17. The third kappa shape index (κ3) is 12.7. The fourth-order valence-corrected chi connectivity index (χ4v) is 4.87. The lowest BCUT2D eigenvalue weighted by molar-refractivity contribution is -0.161. The first-order valence-corrected chi connectivity index (χ1v) is 15.8. The highest BCUT2D eigenvalue weighted by Gasteiger charge is 2.44. The van der Waals surface area contributed by atoms with Gasteiger partial charge in [-0.1, -0.05) is 65.3 Å². The Balaban J connectivity index is 1.62. The van der Waals surface area contributed by atoms with Crippen molar-refractivity contribution in [3.8, 4) is 11.5 Å². The number of carbonyl (C=O) groups excluding carboxylic acids is 2. The van der Waals surface area contributed by atoms with Crippen LogP contribution in [0.1, 0.15) is 50.8 Å². The molecule has 3 N–H and O–H groups in total. The van der Waals surface area contributed by atoms with E-state index in [0.717, 1.165) is 5.56 Å². The maximum absolute atomic E-state index is 14.7. The molecule has 8 nitrogen and oxygen atoms in total. The molecule has 3 aromatic rings. The van der Waals surface area contributed by atoms with Crippen LogP contribution in [0.3, 0.4) is 0 Å². The summed E-state index contributed by atoms with van der Waals surface area (Å²) < 4.78 is 74.0. The van der Waals surface area contributed by atoms with Gasteiger partial charge in [0.25, 0.3) is 0 Å². The quantitative estimate of drug-likeness (QED) is 0.0994. The fourth-order valence-electron chi connectivity index (χ4n) is 4.61. The van der Waals surface area contributed by atoms with Gasteiger partial charge in [0.2, 0.25) is 5.91 Å². The van der Waals surface area contributed by atoms with Gasteiger partial charge in [0, 0.05) is 29.5 Å². The number of benzene rings is 3. The number of hydrogen-bond donors (Lipinski definition) is 3. The normalized spacial score (nSPS) is 13.6. The molecule has 3 atom stereocenters. The van der Waals surface area contributed by atoms with Crippen LogP contribution >= 0.6 is 15.9 Å². The molecule has 0 heterocycles. The van der Waals surface area contributed by atoms with Gasteiger partial charge in [0.1, 0.15) is 29.8 Å². The van der Waals surface area contributed by atoms with E-state index in [1.54, 1.807) is 25.1 Å². The third-order valence-corrected chi connectivity index (χ3v) is 7.58. The highest BCUT2D eigenvalue weighted by atomic mass is 79.9. The second kappa shape index (κ2) is 17.4. The van der Waals surface area contributed by atoms with Crippen LogP contribution in [-0.4, -0.2) is 56.1 Å². The lowest BCUT2D eigenvalue weighted by Gasteiger charge is -2.31. The van der Waals surface area contributed by atoms with E-state index in [4.69, 9.17) is 14.2 Å². The summed E-state index contributed by atoms with van der Waals surface area (Å²) >= 11 is 3.21. The molecule has 13 heteroatoms. The maximum Gasteiger partial charge on any atom is 0.407 e. The summed E-state index contributed by atoms with van der Waals surface area (Å²) in [6, 6.07) is 15.4. The Morgan fingerprint density at radius 2 is 1.64 bits per heavy atom. The van der Waals surface area contributed by atoms with Crippen LogP contribution in [0.25, 0.3) is 0 Å². The van der Waals surface area contributed by atoms with Crippen molar-refractivity contribution in [1.29, 1.82) is 0 Å². The summed E-state index contributed by atoms with van der Waals surface area (Å²) in [6.07, 6.45) is -4.80. The van der Waals surface area contributed by atoms with Gasteiger partial charge in [0.15, 0.2) is 6.61 Å². The summed E-state index contributed by atoms with van der Waals surface area (Å²) in [7, 11) is 1.45. The molecule has 256 valence electrons. The number of alkyl halides is 4. The van der Waals surface area contributed by atoms with Crippen LogP contribution in [0.4, 0.5) is 23.2 Å². The zero-order valence-electron chi connectivity index (χ0n) is 26.6. The number of amides is 1. The van der Waals surface area contributed by atoms with Crippen molar-refractivity contribution in [2.75, 3.05) is 25.6 Å². The average Bonchev–Trinajstić information content (AvgIpc) is 3.02. The SMILES string of the molecule is CC[C@@H](CNc1ccc(OCC(=O)OCc2ccccc2)cc1OC)NC(=O)[C@H](CC(C)(C)F)N[C@@H](c1ccc(Br)cc1)C(F)(F)F. The van der Waals surface area contributed by atoms with Gasteiger partial charge < -0.3 is 24.8 Å². The lowest BCUT2D eigenvalue weighted by atomic mass is 9.97. The molecule has 0 fully saturated rings. The van der Waals surface area contributed by atoms with E-state index in [0.29, 0.717) is 28.1 Å². The number of anilines is 1. The first-order valence-electron chi connectivity index (χ1n) is 15.0. The Kier molecular flexibility index (Phi) is 13.9. The average molecular weight is 727 g/mol. The molecule has 47 heavy (non-hydrogen) atoms. The minimum Gasteiger partial charge on any atom is -0.494 e. The van der Waals surface area contributed by atoms with Crippen LogP contribution in [0, 0.1) is 0 Å². The van der Waals surface area contributed by atoms with Gasteiger partial charge in [0.05, 0.1) is 18.8 Å². The monoisotopic (exact) mass is 725 g/mol. The summed E-state index contributed by atoms with van der Waals surface area (Å²) in [5, 5.41) is 8.30. The van der Waals surface area contributed by atoms with Gasteiger partial charge in [-0.15, -0.1) is 0 Å². The van der Waals surface area contributed by atoms with Crippen molar-refractivity contribution in [1.82, 2.24) is 10.6 Å². The van der Waals surface area contributed by atoms with Crippen molar-refractivity contribution >= 4 is 33.5 Å². The topological polar surface area (TPSA) is 97.9 Å². The molecule has 0 aliphatic carbocycles. The van der Waals surface area contributed by atoms with Crippen molar-refractivity contribution < 1.29 is 41.4 Å². The van der Waals surface area contributed by atoms with E-state index in [-0.39, 0.29) is 25.3 Å². The van der Waals surface area contributed by atoms with Gasteiger partial charge in [-0.25, -0.2) is 9.18 Å². The number of hydrogen-bond acceptors (Lipinski definition) is 7. The highest BCUT2D eigenvalue weighted by Crippen LogP contribution is 2.35. The van der Waals surface area contributed by atoms with Crippen LogP contribution in [-0.2, 0) is 20.9 Å². The first kappa shape index (κ1) is 37.6. The molecule has 0 spiro atoms. The summed E-state index contributed by atoms with van der Waals surface area (Å²) in [5.74, 6) is -0.552. The minimum absolute atomic E-state index is 0.104. The fraction of sp³-hybridized carbons (Fsp3) is 0.412. The van der Waals surface area contributed by atoms with Crippen molar-refractivity contribution in [2.24, 2.45) is 0 Å². The number of ether oxygens (including phenoxy) is 3. The number of esters is 1. The molecule has 0 saturated carbocycles. The predicted molar refractivity (Wildman–Crippen MR) is 175 cm³/mol. The largest absolute Gasteiger partial charge is 0.494 e. The van der Waals surface area contributed by atoms with E-state index in [9.17, 15) is 27.2 Å². The third-order valence-electron chi connectivity index (χ3n) is 7.05. The van der Waals surface area contributed by atoms with Gasteiger partial charge in [-0.05, 0) is 55.7 Å². The Morgan fingerprint density at radius 3 is 2.23 bits per heavy atom. The van der Waals surface area contributed by atoms with E-state index in [1.807, 2.05) is 30.3 Å². The summed E-state index contributed by atoms with van der Waals surface area (Å²) in [4.78, 5) is 25.5. The number of methoxy groups -OCH3 is 1. The standard InChI is InChI=1S/C34H40BrF4N3O5/c1-5-25(41-32(44)28(18-33(2,3)36)42-31(34(37,38)39)23-11-13-24(35)14-12-23)19-40-27-16-15-26(17-29(27)45-4)46-21-30(43)47-20-22-9-7-6-8-10-22/h6-17,25,28,31,40,42H,5,18-21H2,1-4H3,(H,41,44)/t25-,28-,31-/m0/s1. The van der Waals surface area contributed by atoms with Crippen molar-refractivity contribution in [3.05, 3.63) is 88.4 Å². The molecule has 0 aliphatic heterocycles. The molecule has 0 aromatic heterocycles. The zero-order valence-corrected chi connectivity index (χ0v) is 28.2. The van der Waals surface area contributed by atoms with E-state index < -0.39 is 48.3 Å². The second-order valence-corrected chi connectivity index (χ2v) is 12.4. The number of halogens is 5. The Hall–Kier alpha value is -3.84. The molecule has 0 aliphatic rings. The lowest BCUT2D eigenvalue weighted by Crippen LogP contribution is -2.53. The van der Waals surface area contributed by atoms with Crippen molar-refractivity contribution in [3.63, 3.8) is 0 Å². The molecular weight excluding hydrogens is 686 g/mol. The van der Waals surface area contributed by atoms with E-state index >= 15 is 0 Å². The van der Waals surface area contributed by atoms with Gasteiger partial charge >= 0.3 is 12.1 Å². The smallest absolute Gasteiger partial charge is 0.407 e. The summed E-state index contributed by atoms with van der Waals surface area (Å²) in [5.41, 5.74) is -0.636. The Labute approximate surface area is 280 Å². The van der Waals surface area contributed by atoms with Gasteiger partial charge in [-0.3, -0.25) is 10.1 Å². The van der Waals surface area contributed by atoms with E-state index in [1.165, 1.54) is 45.2 Å². The Bertz CT molecular complexity index is 1440. The Morgan fingerprint density at radius 1 is 0.957 bits per heavy atom. The summed E-state index contributed by atoms with van der Waals surface area (Å²) in [6.45, 7) is 4.23. The van der Waals surface area contributed by atoms with Crippen LogP contribution in [0.15, 0.2) is 77.3 Å². The zero-order chi connectivity index (χ0) is 34.6. The highest BCUT2D eigenvalue weighted by molar-refractivity contribution is 9.10. The second-order valence-electron chi connectivity index (χ2n) is 11.5. The molecule has 1 amide bonds. The van der Waals surface area contributed by atoms with Gasteiger partial charge in [-0.2, -0.15) is 13.2 Å². The van der Waals surface area contributed by atoms with Crippen LogP contribution in [0.5, 0.6) is 11.5 Å². The molecule has 0 unspecified atom stereocenters.